The first kappa shape index (κ1) is 17.6. The highest BCUT2D eigenvalue weighted by atomic mass is 16.2. The Morgan fingerprint density at radius 2 is 2.16 bits per heavy atom. The molecule has 0 aliphatic carbocycles. The molecule has 2 saturated heterocycles. The molecule has 0 unspecified atom stereocenters. The number of amides is 2. The third-order valence-electron chi connectivity index (χ3n) is 5.06. The zero-order valence-corrected chi connectivity index (χ0v) is 14.8. The van der Waals surface area contributed by atoms with E-state index in [4.69, 9.17) is 0 Å². The number of carbonyl (C=O) groups excluding carboxylic acids is 2. The van der Waals surface area contributed by atoms with Gasteiger partial charge in [0.1, 0.15) is 5.82 Å². The average Bonchev–Trinajstić information content (AvgIpc) is 2.99. The lowest BCUT2D eigenvalue weighted by Gasteiger charge is -2.32. The van der Waals surface area contributed by atoms with E-state index in [0.29, 0.717) is 38.2 Å². The van der Waals surface area contributed by atoms with Gasteiger partial charge in [-0.1, -0.05) is 0 Å². The summed E-state index contributed by atoms with van der Waals surface area (Å²) in [4.78, 5) is 46.6. The Morgan fingerprint density at radius 3 is 2.88 bits per heavy atom. The zero-order valence-electron chi connectivity index (χ0n) is 14.8. The minimum atomic E-state index is -0.138. The average molecular weight is 346 g/mol. The maximum Gasteiger partial charge on any atom is 0.251 e. The van der Waals surface area contributed by atoms with Crippen molar-refractivity contribution in [3.63, 3.8) is 0 Å². The number of hydrogen-bond acceptors (Lipinski definition) is 4. The normalized spacial score (nSPS) is 21.0. The van der Waals surface area contributed by atoms with Crippen LogP contribution in [0.1, 0.15) is 56.0 Å². The summed E-state index contributed by atoms with van der Waals surface area (Å²) in [6, 6.07) is 1.55. The third kappa shape index (κ3) is 4.46. The number of aromatic nitrogens is 2. The van der Waals surface area contributed by atoms with Crippen LogP contribution in [0.15, 0.2) is 10.9 Å². The van der Waals surface area contributed by atoms with Gasteiger partial charge in [0.25, 0.3) is 5.56 Å². The fourth-order valence-corrected chi connectivity index (χ4v) is 3.78. The van der Waals surface area contributed by atoms with Gasteiger partial charge in [0.15, 0.2) is 0 Å². The summed E-state index contributed by atoms with van der Waals surface area (Å²) >= 11 is 0. The summed E-state index contributed by atoms with van der Waals surface area (Å²) in [5, 5.41) is 0. The van der Waals surface area contributed by atoms with Crippen LogP contribution < -0.4 is 5.56 Å². The Kier molecular flexibility index (Phi) is 5.50. The number of aryl methyl sites for hydroxylation is 1. The van der Waals surface area contributed by atoms with E-state index in [9.17, 15) is 14.4 Å². The Balaban J connectivity index is 1.52. The number of nitrogens with zero attached hydrogens (tertiary/aromatic N) is 3. The monoisotopic (exact) mass is 346 g/mol. The smallest absolute Gasteiger partial charge is 0.251 e. The molecule has 0 spiro atoms. The standard InChI is InChI=1S/C18H26N4O3/c1-13-19-15(11-16(23)20-13)14-5-2-10-22(12-14)18(25)7-4-9-21-8-3-6-17(21)24/h11,14H,2-10,12H2,1H3,(H,19,20,23)/t14-/m1/s1. The van der Waals surface area contributed by atoms with Gasteiger partial charge in [0.2, 0.25) is 11.8 Å². The van der Waals surface area contributed by atoms with Crippen molar-refractivity contribution in [3.8, 4) is 0 Å². The van der Waals surface area contributed by atoms with Crippen molar-refractivity contribution in [2.24, 2.45) is 0 Å². The van der Waals surface area contributed by atoms with Gasteiger partial charge in [-0.2, -0.15) is 0 Å². The van der Waals surface area contributed by atoms with Gasteiger partial charge in [-0.05, 0) is 32.6 Å². The molecule has 3 heterocycles. The molecule has 2 fully saturated rings. The second kappa shape index (κ2) is 7.80. The summed E-state index contributed by atoms with van der Waals surface area (Å²) in [5.41, 5.74) is 0.641. The minimum Gasteiger partial charge on any atom is -0.343 e. The Labute approximate surface area is 147 Å². The van der Waals surface area contributed by atoms with Crippen LogP contribution >= 0.6 is 0 Å². The van der Waals surface area contributed by atoms with Crippen molar-refractivity contribution in [1.82, 2.24) is 19.8 Å². The van der Waals surface area contributed by atoms with E-state index >= 15 is 0 Å². The summed E-state index contributed by atoms with van der Waals surface area (Å²) < 4.78 is 0. The molecule has 0 aromatic carbocycles. The van der Waals surface area contributed by atoms with Crippen LogP contribution in [0, 0.1) is 6.92 Å². The first-order valence-corrected chi connectivity index (χ1v) is 9.16. The molecule has 7 nitrogen and oxygen atoms in total. The lowest BCUT2D eigenvalue weighted by molar-refractivity contribution is -0.133. The van der Waals surface area contributed by atoms with Crippen LogP contribution in [0.5, 0.6) is 0 Å². The van der Waals surface area contributed by atoms with Crippen molar-refractivity contribution < 1.29 is 9.59 Å². The van der Waals surface area contributed by atoms with E-state index in [-0.39, 0.29) is 23.3 Å². The second-order valence-corrected chi connectivity index (χ2v) is 7.02. The largest absolute Gasteiger partial charge is 0.343 e. The molecule has 1 atom stereocenters. The lowest BCUT2D eigenvalue weighted by atomic mass is 9.94. The van der Waals surface area contributed by atoms with Crippen LogP contribution in [0.25, 0.3) is 0 Å². The molecule has 136 valence electrons. The summed E-state index contributed by atoms with van der Waals surface area (Å²) in [6.07, 6.45) is 4.64. The fourth-order valence-electron chi connectivity index (χ4n) is 3.78. The number of rotatable bonds is 5. The van der Waals surface area contributed by atoms with Crippen molar-refractivity contribution in [1.29, 1.82) is 0 Å². The number of carbonyl (C=O) groups is 2. The molecule has 2 aliphatic heterocycles. The lowest BCUT2D eigenvalue weighted by Crippen LogP contribution is -2.40. The molecule has 7 heteroatoms. The topological polar surface area (TPSA) is 86.4 Å². The SMILES string of the molecule is Cc1nc([C@@H]2CCCN(C(=O)CCCN3CCCC3=O)C2)cc(=O)[nH]1. The summed E-state index contributed by atoms with van der Waals surface area (Å²) in [6.45, 7) is 4.66. The number of aromatic amines is 1. The molecule has 0 saturated carbocycles. The van der Waals surface area contributed by atoms with E-state index in [1.807, 2.05) is 9.80 Å². The summed E-state index contributed by atoms with van der Waals surface area (Å²) in [5.74, 6) is 1.08. The Bertz CT molecular complexity index is 700. The van der Waals surface area contributed by atoms with Gasteiger partial charge in [0.05, 0.1) is 5.69 Å². The fraction of sp³-hybridized carbons (Fsp3) is 0.667. The van der Waals surface area contributed by atoms with Gasteiger partial charge in [0, 0.05) is 51.0 Å². The molecular formula is C18H26N4O3. The highest BCUT2D eigenvalue weighted by Gasteiger charge is 2.26. The summed E-state index contributed by atoms with van der Waals surface area (Å²) in [7, 11) is 0. The molecule has 25 heavy (non-hydrogen) atoms. The third-order valence-corrected chi connectivity index (χ3v) is 5.06. The highest BCUT2D eigenvalue weighted by molar-refractivity contribution is 5.78. The van der Waals surface area contributed by atoms with E-state index < -0.39 is 0 Å². The quantitative estimate of drug-likeness (QED) is 0.867. The van der Waals surface area contributed by atoms with Gasteiger partial charge < -0.3 is 14.8 Å². The molecule has 2 amide bonds. The second-order valence-electron chi connectivity index (χ2n) is 7.02. The number of likely N-dealkylation sites (tertiary alicyclic amines) is 2. The predicted molar refractivity (Wildman–Crippen MR) is 93.2 cm³/mol. The van der Waals surface area contributed by atoms with Crippen molar-refractivity contribution in [2.45, 2.75) is 51.4 Å². The number of nitrogens with one attached hydrogen (secondary N) is 1. The molecule has 1 aromatic rings. The van der Waals surface area contributed by atoms with Crippen molar-refractivity contribution >= 4 is 11.8 Å². The maximum absolute atomic E-state index is 12.5. The molecule has 0 radical (unpaired) electrons. The van der Waals surface area contributed by atoms with E-state index in [0.717, 1.165) is 38.0 Å². The van der Waals surface area contributed by atoms with Gasteiger partial charge in [-0.15, -0.1) is 0 Å². The highest BCUT2D eigenvalue weighted by Crippen LogP contribution is 2.25. The predicted octanol–water partition coefficient (Wildman–Crippen LogP) is 1.19. The zero-order chi connectivity index (χ0) is 17.8. The van der Waals surface area contributed by atoms with Crippen LogP contribution in [-0.4, -0.2) is 57.8 Å². The number of piperidine rings is 1. The van der Waals surface area contributed by atoms with Gasteiger partial charge >= 0.3 is 0 Å². The van der Waals surface area contributed by atoms with E-state index in [2.05, 4.69) is 9.97 Å². The minimum absolute atomic E-state index is 0.124. The molecule has 1 aromatic heterocycles. The van der Waals surface area contributed by atoms with Crippen LogP contribution in [-0.2, 0) is 9.59 Å². The molecular weight excluding hydrogens is 320 g/mol. The Morgan fingerprint density at radius 1 is 1.32 bits per heavy atom. The van der Waals surface area contributed by atoms with Crippen LogP contribution in [0.2, 0.25) is 0 Å². The van der Waals surface area contributed by atoms with Gasteiger partial charge in [-0.25, -0.2) is 4.98 Å². The molecule has 0 bridgehead atoms. The van der Waals surface area contributed by atoms with E-state index in [1.54, 1.807) is 13.0 Å². The van der Waals surface area contributed by atoms with Gasteiger partial charge in [-0.3, -0.25) is 14.4 Å². The van der Waals surface area contributed by atoms with Crippen molar-refractivity contribution in [3.05, 3.63) is 27.9 Å². The molecule has 2 aliphatic rings. The van der Waals surface area contributed by atoms with E-state index in [1.165, 1.54) is 0 Å². The number of hydrogen-bond donors (Lipinski definition) is 1. The van der Waals surface area contributed by atoms with Crippen LogP contribution in [0.4, 0.5) is 0 Å². The van der Waals surface area contributed by atoms with Crippen molar-refractivity contribution in [2.75, 3.05) is 26.2 Å². The number of H-pyrrole nitrogens is 1. The first-order chi connectivity index (χ1) is 12.0. The molecule has 3 rings (SSSR count). The van der Waals surface area contributed by atoms with Crippen LogP contribution in [0.3, 0.4) is 0 Å². The Hall–Kier alpha value is -2.18. The first-order valence-electron chi connectivity index (χ1n) is 9.16. The molecule has 1 N–H and O–H groups in total. The maximum atomic E-state index is 12.5.